The first-order valence-corrected chi connectivity index (χ1v) is 6.89. The van der Waals surface area contributed by atoms with Crippen LogP contribution in [0, 0.1) is 12.8 Å². The molecule has 3 N–H and O–H groups in total. The average molecular weight is 238 g/mol. The van der Waals surface area contributed by atoms with Crippen molar-refractivity contribution in [2.24, 2.45) is 11.8 Å². The third kappa shape index (κ3) is 4.56. The highest BCUT2D eigenvalue weighted by molar-refractivity contribution is 7.99. The van der Waals surface area contributed by atoms with Crippen LogP contribution in [0.1, 0.15) is 31.0 Å². The maximum Gasteiger partial charge on any atom is 0.0550 e. The summed E-state index contributed by atoms with van der Waals surface area (Å²) in [5.74, 6) is 8.56. The number of hydrazine groups is 1. The second-order valence-corrected chi connectivity index (χ2v) is 5.64. The van der Waals surface area contributed by atoms with E-state index in [9.17, 15) is 0 Å². The van der Waals surface area contributed by atoms with E-state index in [1.165, 1.54) is 16.9 Å². The molecule has 0 saturated carbocycles. The van der Waals surface area contributed by atoms with Crippen LogP contribution in [0.3, 0.4) is 0 Å². The molecule has 3 heteroatoms. The van der Waals surface area contributed by atoms with E-state index in [0.717, 1.165) is 11.7 Å². The molecule has 0 bridgehead atoms. The van der Waals surface area contributed by atoms with Gasteiger partial charge in [-0.1, -0.05) is 43.7 Å². The lowest BCUT2D eigenvalue weighted by atomic mass is 10.1. The van der Waals surface area contributed by atoms with Crippen molar-refractivity contribution < 1.29 is 0 Å². The summed E-state index contributed by atoms with van der Waals surface area (Å²) >= 11 is 1.95. The van der Waals surface area contributed by atoms with Crippen LogP contribution in [-0.2, 0) is 0 Å². The minimum absolute atomic E-state index is 0.253. The van der Waals surface area contributed by atoms with E-state index in [0.29, 0.717) is 0 Å². The Morgan fingerprint density at radius 3 is 2.62 bits per heavy atom. The molecule has 1 aromatic carbocycles. The number of benzene rings is 1. The topological polar surface area (TPSA) is 38.0 Å². The number of hydrogen-bond acceptors (Lipinski definition) is 3. The molecule has 0 aliphatic rings. The highest BCUT2D eigenvalue weighted by Crippen LogP contribution is 2.20. The monoisotopic (exact) mass is 238 g/mol. The van der Waals surface area contributed by atoms with Crippen LogP contribution in [0.5, 0.6) is 0 Å². The fourth-order valence-corrected chi connectivity index (χ4v) is 2.68. The summed E-state index contributed by atoms with van der Waals surface area (Å²) in [5, 5.41) is 0. The zero-order valence-electron chi connectivity index (χ0n) is 10.4. The van der Waals surface area contributed by atoms with Crippen molar-refractivity contribution in [1.82, 2.24) is 5.43 Å². The molecule has 1 unspecified atom stereocenters. The quantitative estimate of drug-likeness (QED) is 0.591. The Morgan fingerprint density at radius 2 is 2.06 bits per heavy atom. The maximum atomic E-state index is 5.61. The molecule has 0 aliphatic carbocycles. The second-order valence-electron chi connectivity index (χ2n) is 4.56. The van der Waals surface area contributed by atoms with E-state index in [1.54, 1.807) is 0 Å². The minimum atomic E-state index is 0.253. The summed E-state index contributed by atoms with van der Waals surface area (Å²) in [5.41, 5.74) is 5.46. The Bertz CT molecular complexity index is 313. The molecule has 90 valence electrons. The highest BCUT2D eigenvalue weighted by atomic mass is 32.2. The van der Waals surface area contributed by atoms with Gasteiger partial charge in [0.25, 0.3) is 0 Å². The lowest BCUT2D eigenvalue weighted by molar-refractivity contribution is 0.609. The summed E-state index contributed by atoms with van der Waals surface area (Å²) < 4.78 is 0. The SMILES string of the molecule is Cc1cccc(C(CSCC(C)C)NN)c1. The molecule has 0 saturated heterocycles. The smallest absolute Gasteiger partial charge is 0.0550 e. The van der Waals surface area contributed by atoms with Crippen molar-refractivity contribution in [3.63, 3.8) is 0 Å². The number of hydrogen-bond donors (Lipinski definition) is 2. The summed E-state index contributed by atoms with van der Waals surface area (Å²) in [6.45, 7) is 6.59. The van der Waals surface area contributed by atoms with Crippen LogP contribution in [0.15, 0.2) is 24.3 Å². The van der Waals surface area contributed by atoms with Gasteiger partial charge in [0.15, 0.2) is 0 Å². The average Bonchev–Trinajstić information content (AvgIpc) is 2.24. The second kappa shape index (κ2) is 6.94. The van der Waals surface area contributed by atoms with Crippen molar-refractivity contribution >= 4 is 11.8 Å². The Hall–Kier alpha value is -0.510. The molecule has 2 nitrogen and oxygen atoms in total. The van der Waals surface area contributed by atoms with Gasteiger partial charge in [-0.3, -0.25) is 11.3 Å². The number of thioether (sulfide) groups is 1. The van der Waals surface area contributed by atoms with Gasteiger partial charge in [-0.05, 0) is 24.2 Å². The Labute approximate surface area is 103 Å². The summed E-state index contributed by atoms with van der Waals surface area (Å²) in [6.07, 6.45) is 0. The van der Waals surface area contributed by atoms with Gasteiger partial charge in [-0.2, -0.15) is 11.8 Å². The normalized spacial score (nSPS) is 13.1. The van der Waals surface area contributed by atoms with Gasteiger partial charge in [0, 0.05) is 5.75 Å². The van der Waals surface area contributed by atoms with Crippen molar-refractivity contribution in [3.05, 3.63) is 35.4 Å². The molecule has 1 rings (SSSR count). The number of nitrogens with one attached hydrogen (secondary N) is 1. The number of rotatable bonds is 6. The molecular formula is C13H22N2S. The Morgan fingerprint density at radius 1 is 1.31 bits per heavy atom. The van der Waals surface area contributed by atoms with Gasteiger partial charge >= 0.3 is 0 Å². The first kappa shape index (κ1) is 13.6. The number of nitrogens with two attached hydrogens (primary N) is 1. The molecule has 0 radical (unpaired) electrons. The molecule has 0 fully saturated rings. The van der Waals surface area contributed by atoms with E-state index in [-0.39, 0.29) is 6.04 Å². The molecule has 0 heterocycles. The predicted octanol–water partition coefficient (Wildman–Crippen LogP) is 2.89. The van der Waals surface area contributed by atoms with Crippen LogP contribution >= 0.6 is 11.8 Å². The highest BCUT2D eigenvalue weighted by Gasteiger charge is 2.09. The number of aryl methyl sites for hydroxylation is 1. The van der Waals surface area contributed by atoms with Gasteiger partial charge in [0.05, 0.1) is 6.04 Å². The molecule has 0 aromatic heterocycles. The fourth-order valence-electron chi connectivity index (χ4n) is 1.55. The lowest BCUT2D eigenvalue weighted by Crippen LogP contribution is -2.29. The van der Waals surface area contributed by atoms with Gasteiger partial charge in [-0.25, -0.2) is 0 Å². The lowest BCUT2D eigenvalue weighted by Gasteiger charge is -2.17. The molecule has 0 amide bonds. The van der Waals surface area contributed by atoms with Crippen LogP contribution in [0.4, 0.5) is 0 Å². The van der Waals surface area contributed by atoms with Crippen molar-refractivity contribution in [3.8, 4) is 0 Å². The van der Waals surface area contributed by atoms with E-state index in [4.69, 9.17) is 5.84 Å². The van der Waals surface area contributed by atoms with Crippen LogP contribution in [0.2, 0.25) is 0 Å². The standard InChI is InChI=1S/C13H22N2S/c1-10(2)8-16-9-13(15-14)12-6-4-5-11(3)7-12/h4-7,10,13,15H,8-9,14H2,1-3H3. The van der Waals surface area contributed by atoms with Gasteiger partial charge in [-0.15, -0.1) is 0 Å². The zero-order chi connectivity index (χ0) is 12.0. The Kier molecular flexibility index (Phi) is 5.88. The first-order chi connectivity index (χ1) is 7.63. The minimum Gasteiger partial charge on any atom is -0.271 e. The van der Waals surface area contributed by atoms with Crippen molar-refractivity contribution in [2.45, 2.75) is 26.8 Å². The predicted molar refractivity (Wildman–Crippen MR) is 73.4 cm³/mol. The third-order valence-corrected chi connectivity index (χ3v) is 3.85. The van der Waals surface area contributed by atoms with E-state index in [2.05, 4.69) is 50.5 Å². The molecular weight excluding hydrogens is 216 g/mol. The molecule has 1 atom stereocenters. The zero-order valence-corrected chi connectivity index (χ0v) is 11.2. The Balaban J connectivity index is 2.53. The third-order valence-electron chi connectivity index (χ3n) is 2.38. The fraction of sp³-hybridized carbons (Fsp3) is 0.538. The van der Waals surface area contributed by atoms with Crippen LogP contribution < -0.4 is 11.3 Å². The molecule has 1 aromatic rings. The van der Waals surface area contributed by atoms with Crippen molar-refractivity contribution in [2.75, 3.05) is 11.5 Å². The van der Waals surface area contributed by atoms with E-state index >= 15 is 0 Å². The van der Waals surface area contributed by atoms with E-state index in [1.807, 2.05) is 11.8 Å². The summed E-state index contributed by atoms with van der Waals surface area (Å²) in [4.78, 5) is 0. The van der Waals surface area contributed by atoms with Gasteiger partial charge < -0.3 is 0 Å². The van der Waals surface area contributed by atoms with Gasteiger partial charge in [0.2, 0.25) is 0 Å². The molecule has 0 aliphatic heterocycles. The van der Waals surface area contributed by atoms with Crippen molar-refractivity contribution in [1.29, 1.82) is 0 Å². The summed E-state index contributed by atoms with van der Waals surface area (Å²) in [7, 11) is 0. The summed E-state index contributed by atoms with van der Waals surface area (Å²) in [6, 6.07) is 8.78. The van der Waals surface area contributed by atoms with E-state index < -0.39 is 0 Å². The maximum absolute atomic E-state index is 5.61. The van der Waals surface area contributed by atoms with Crippen LogP contribution in [0.25, 0.3) is 0 Å². The largest absolute Gasteiger partial charge is 0.271 e. The first-order valence-electron chi connectivity index (χ1n) is 5.74. The van der Waals surface area contributed by atoms with Gasteiger partial charge in [0.1, 0.15) is 0 Å². The molecule has 0 spiro atoms. The molecule has 16 heavy (non-hydrogen) atoms. The van der Waals surface area contributed by atoms with Crippen LogP contribution in [-0.4, -0.2) is 11.5 Å².